The number of fused-ring (bicyclic) bond motifs is 1. The van der Waals surface area contributed by atoms with Crippen LogP contribution in [0.15, 0.2) is 80.1 Å². The van der Waals surface area contributed by atoms with Crippen LogP contribution in [0.3, 0.4) is 0 Å². The molecule has 0 aliphatic carbocycles. The molecule has 0 unspecified atom stereocenters. The molecule has 0 radical (unpaired) electrons. The van der Waals surface area contributed by atoms with E-state index in [1.54, 1.807) is 67.6 Å². The van der Waals surface area contributed by atoms with Crippen LogP contribution in [-0.4, -0.2) is 15.5 Å². The first-order valence-electron chi connectivity index (χ1n) is 10.6. The summed E-state index contributed by atoms with van der Waals surface area (Å²) >= 11 is 13.4. The van der Waals surface area contributed by atoms with E-state index in [0.29, 0.717) is 53.3 Å². The van der Waals surface area contributed by atoms with Crippen molar-refractivity contribution in [1.82, 2.24) is 4.57 Å². The molecule has 176 valence electrons. The van der Waals surface area contributed by atoms with Crippen LogP contribution in [-0.2, 0) is 4.79 Å². The number of phenols is 1. The Morgan fingerprint density at radius 2 is 1.94 bits per heavy atom. The van der Waals surface area contributed by atoms with Crippen molar-refractivity contribution in [3.63, 3.8) is 0 Å². The van der Waals surface area contributed by atoms with Crippen LogP contribution in [0.2, 0.25) is 10.0 Å². The van der Waals surface area contributed by atoms with Gasteiger partial charge in [0.05, 0.1) is 14.6 Å². The highest BCUT2D eigenvalue weighted by molar-refractivity contribution is 7.07. The molecule has 1 N–H and O–H groups in total. The van der Waals surface area contributed by atoms with Crippen LogP contribution in [0.25, 0.3) is 17.4 Å². The zero-order chi connectivity index (χ0) is 24.9. The molecule has 4 aromatic rings. The van der Waals surface area contributed by atoms with Gasteiger partial charge in [-0.25, -0.2) is 4.99 Å². The fourth-order valence-electron chi connectivity index (χ4n) is 4.11. The lowest BCUT2D eigenvalue weighted by molar-refractivity contribution is -0.114. The Morgan fingerprint density at radius 3 is 2.66 bits per heavy atom. The molecule has 2 aromatic heterocycles. The lowest BCUT2D eigenvalue weighted by Gasteiger charge is -2.22. The standard InChI is InChI=1S/C26H18Cl2N2O4S/c1-13-23(14(2)31)24(21-9-8-20(34-21)16-6-7-18(27)19(28)12-16)30-25(33)22(35-26(30)29-13)11-15-4-3-5-17(32)10-15/h3-12,24,32H,1-2H3/b22-11+/t24-/m1/s1. The molecule has 0 saturated heterocycles. The lowest BCUT2D eigenvalue weighted by atomic mass is 9.98. The lowest BCUT2D eigenvalue weighted by Crippen LogP contribution is -2.39. The monoisotopic (exact) mass is 524 g/mol. The van der Waals surface area contributed by atoms with E-state index in [1.165, 1.54) is 22.8 Å². The molecule has 0 spiro atoms. The van der Waals surface area contributed by atoms with Crippen molar-refractivity contribution in [3.05, 3.63) is 107 Å². The van der Waals surface area contributed by atoms with Crippen molar-refractivity contribution >= 4 is 46.4 Å². The number of allylic oxidation sites excluding steroid dienone is 2. The normalized spacial score (nSPS) is 15.8. The Kier molecular flexibility index (Phi) is 6.01. The molecule has 9 heteroatoms. The van der Waals surface area contributed by atoms with Gasteiger partial charge in [-0.3, -0.25) is 14.2 Å². The highest BCUT2D eigenvalue weighted by Crippen LogP contribution is 2.35. The molecule has 2 aromatic carbocycles. The van der Waals surface area contributed by atoms with Gasteiger partial charge in [0.2, 0.25) is 0 Å². The van der Waals surface area contributed by atoms with Crippen LogP contribution >= 0.6 is 34.5 Å². The van der Waals surface area contributed by atoms with Gasteiger partial charge in [0.15, 0.2) is 10.6 Å². The summed E-state index contributed by atoms with van der Waals surface area (Å²) in [6.07, 6.45) is 1.69. The summed E-state index contributed by atoms with van der Waals surface area (Å²) in [6, 6.07) is 14.5. The maximum Gasteiger partial charge on any atom is 0.271 e. The Labute approximate surface area is 213 Å². The number of aromatic hydroxyl groups is 1. The summed E-state index contributed by atoms with van der Waals surface area (Å²) in [5.74, 6) is 0.851. The van der Waals surface area contributed by atoms with Crippen molar-refractivity contribution in [3.8, 4) is 17.1 Å². The minimum Gasteiger partial charge on any atom is -0.508 e. The van der Waals surface area contributed by atoms with Crippen molar-refractivity contribution in [2.45, 2.75) is 19.9 Å². The third kappa shape index (κ3) is 4.27. The Balaban J connectivity index is 1.69. The second-order valence-electron chi connectivity index (χ2n) is 8.06. The van der Waals surface area contributed by atoms with Gasteiger partial charge in [-0.1, -0.05) is 46.7 Å². The van der Waals surface area contributed by atoms with Gasteiger partial charge in [-0.2, -0.15) is 0 Å². The Bertz CT molecular complexity index is 1710. The quantitative estimate of drug-likeness (QED) is 0.402. The van der Waals surface area contributed by atoms with E-state index in [9.17, 15) is 14.7 Å². The molecule has 35 heavy (non-hydrogen) atoms. The number of Topliss-reactive ketones (excluding diaryl/α,β-unsaturated/α-hetero) is 1. The van der Waals surface area contributed by atoms with Crippen LogP contribution in [0.5, 0.6) is 5.75 Å². The first-order chi connectivity index (χ1) is 16.7. The molecule has 3 heterocycles. The predicted octanol–water partition coefficient (Wildman–Crippen LogP) is 5.10. The molecular weight excluding hydrogens is 507 g/mol. The minimum atomic E-state index is -0.772. The first-order valence-corrected chi connectivity index (χ1v) is 12.2. The number of hydrogen-bond acceptors (Lipinski definition) is 6. The smallest absolute Gasteiger partial charge is 0.271 e. The zero-order valence-electron chi connectivity index (χ0n) is 18.6. The molecule has 6 nitrogen and oxygen atoms in total. The van der Waals surface area contributed by atoms with Crippen molar-refractivity contribution in [2.75, 3.05) is 0 Å². The molecule has 0 amide bonds. The van der Waals surface area contributed by atoms with Gasteiger partial charge in [0, 0.05) is 16.8 Å². The van der Waals surface area contributed by atoms with Crippen molar-refractivity contribution in [1.29, 1.82) is 0 Å². The Hall–Kier alpha value is -3.39. The number of furan rings is 1. The number of rotatable bonds is 4. The number of carbonyl (C=O) groups is 1. The van der Waals surface area contributed by atoms with Crippen LogP contribution in [0.1, 0.15) is 31.2 Å². The summed E-state index contributed by atoms with van der Waals surface area (Å²) in [6.45, 7) is 3.20. The van der Waals surface area contributed by atoms with E-state index in [-0.39, 0.29) is 17.1 Å². The fraction of sp³-hybridized carbons (Fsp3) is 0.115. The number of nitrogens with zero attached hydrogens (tertiary/aromatic N) is 2. The van der Waals surface area contributed by atoms with E-state index in [1.807, 2.05) is 0 Å². The molecule has 1 atom stereocenters. The summed E-state index contributed by atoms with van der Waals surface area (Å²) in [5.41, 5.74) is 2.00. The number of ketones is 1. The maximum absolute atomic E-state index is 13.5. The summed E-state index contributed by atoms with van der Waals surface area (Å²) in [7, 11) is 0. The number of hydrogen-bond donors (Lipinski definition) is 1. The van der Waals surface area contributed by atoms with Crippen LogP contribution in [0.4, 0.5) is 0 Å². The summed E-state index contributed by atoms with van der Waals surface area (Å²) in [4.78, 5) is 31.2. The fourth-order valence-corrected chi connectivity index (χ4v) is 5.45. The summed E-state index contributed by atoms with van der Waals surface area (Å²) < 4.78 is 8.07. The average Bonchev–Trinajstić information content (AvgIpc) is 3.40. The van der Waals surface area contributed by atoms with E-state index < -0.39 is 6.04 Å². The van der Waals surface area contributed by atoms with E-state index in [2.05, 4.69) is 4.99 Å². The number of phenolic OH excluding ortho intramolecular Hbond substituents is 1. The molecule has 1 aliphatic rings. The highest BCUT2D eigenvalue weighted by atomic mass is 35.5. The molecule has 0 fully saturated rings. The number of halogens is 2. The zero-order valence-corrected chi connectivity index (χ0v) is 20.9. The molecular formula is C26H18Cl2N2O4S. The topological polar surface area (TPSA) is 84.8 Å². The van der Waals surface area contributed by atoms with E-state index >= 15 is 0 Å². The van der Waals surface area contributed by atoms with Crippen molar-refractivity contribution in [2.24, 2.45) is 4.99 Å². The van der Waals surface area contributed by atoms with E-state index in [0.717, 1.165) is 0 Å². The van der Waals surface area contributed by atoms with Gasteiger partial charge in [-0.15, -0.1) is 0 Å². The highest BCUT2D eigenvalue weighted by Gasteiger charge is 2.33. The second kappa shape index (κ2) is 9.00. The second-order valence-corrected chi connectivity index (χ2v) is 9.89. The van der Waals surface area contributed by atoms with Crippen LogP contribution in [0, 0.1) is 0 Å². The third-order valence-electron chi connectivity index (χ3n) is 5.67. The predicted molar refractivity (Wildman–Crippen MR) is 137 cm³/mol. The van der Waals surface area contributed by atoms with Gasteiger partial charge in [-0.05, 0) is 68.0 Å². The Morgan fingerprint density at radius 1 is 1.14 bits per heavy atom. The van der Waals surface area contributed by atoms with Gasteiger partial charge in [0.1, 0.15) is 23.3 Å². The number of benzene rings is 2. The number of carbonyl (C=O) groups excluding carboxylic acids is 1. The molecule has 0 bridgehead atoms. The minimum absolute atomic E-state index is 0.101. The first kappa shape index (κ1) is 23.4. The third-order valence-corrected chi connectivity index (χ3v) is 7.39. The van der Waals surface area contributed by atoms with Gasteiger partial charge in [0.25, 0.3) is 5.56 Å². The number of thiazole rings is 1. The SMILES string of the molecule is CC(=O)C1=C(C)N=c2s/c(=C/c3cccc(O)c3)c(=O)n2[C@@H]1c1ccc(-c2ccc(Cl)c(Cl)c2)o1. The van der Waals surface area contributed by atoms with Gasteiger partial charge >= 0.3 is 0 Å². The molecule has 5 rings (SSSR count). The number of aromatic nitrogens is 1. The van der Waals surface area contributed by atoms with Crippen LogP contribution < -0.4 is 14.9 Å². The molecule has 0 saturated carbocycles. The van der Waals surface area contributed by atoms with Crippen molar-refractivity contribution < 1.29 is 14.3 Å². The van der Waals surface area contributed by atoms with Gasteiger partial charge < -0.3 is 9.52 Å². The summed E-state index contributed by atoms with van der Waals surface area (Å²) in [5, 5.41) is 10.6. The maximum atomic E-state index is 13.5. The molecule has 1 aliphatic heterocycles. The average molecular weight is 525 g/mol. The largest absolute Gasteiger partial charge is 0.508 e. The van der Waals surface area contributed by atoms with E-state index in [4.69, 9.17) is 27.6 Å².